The molecular formula is C27H23F6N5O. The van der Waals surface area contributed by atoms with E-state index in [0.717, 1.165) is 18.2 Å². The molecule has 0 saturated carbocycles. The SMILES string of the molecule is OC1CCN(Cc2nc(Nc3ccc(C(F)(F)F)cc3)c3ccc(-c4ncccc4C(F)(F)F)cc3n2)CC1. The molecular weight excluding hydrogens is 524 g/mol. The first-order chi connectivity index (χ1) is 18.5. The van der Waals surface area contributed by atoms with Crippen LogP contribution in [0.1, 0.15) is 29.8 Å². The highest BCUT2D eigenvalue weighted by atomic mass is 19.4. The molecule has 3 heterocycles. The number of pyridine rings is 1. The first kappa shape index (κ1) is 26.8. The number of anilines is 2. The molecule has 5 rings (SSSR count). The molecule has 6 nitrogen and oxygen atoms in total. The largest absolute Gasteiger partial charge is 0.418 e. The molecule has 0 atom stereocenters. The summed E-state index contributed by atoms with van der Waals surface area (Å²) in [7, 11) is 0. The van der Waals surface area contributed by atoms with Crippen LogP contribution in [0.2, 0.25) is 0 Å². The van der Waals surface area contributed by atoms with Crippen LogP contribution in [-0.4, -0.2) is 44.2 Å². The third-order valence-electron chi connectivity index (χ3n) is 6.53. The summed E-state index contributed by atoms with van der Waals surface area (Å²) in [4.78, 5) is 15.2. The topological polar surface area (TPSA) is 74.2 Å². The van der Waals surface area contributed by atoms with Gasteiger partial charge in [-0.2, -0.15) is 26.3 Å². The minimum Gasteiger partial charge on any atom is -0.393 e. The molecule has 0 aliphatic carbocycles. The van der Waals surface area contributed by atoms with Crippen LogP contribution in [0, 0.1) is 0 Å². The molecule has 2 aromatic carbocycles. The summed E-state index contributed by atoms with van der Waals surface area (Å²) in [6, 6.07) is 11.2. The van der Waals surface area contributed by atoms with Crippen LogP contribution in [0.3, 0.4) is 0 Å². The first-order valence-electron chi connectivity index (χ1n) is 12.2. The van der Waals surface area contributed by atoms with Crippen LogP contribution >= 0.6 is 0 Å². The van der Waals surface area contributed by atoms with Crippen molar-refractivity contribution < 1.29 is 31.4 Å². The summed E-state index contributed by atoms with van der Waals surface area (Å²) >= 11 is 0. The minimum atomic E-state index is -4.61. The fourth-order valence-corrected chi connectivity index (χ4v) is 4.51. The average molecular weight is 548 g/mol. The van der Waals surface area contributed by atoms with Gasteiger partial charge in [0.25, 0.3) is 0 Å². The molecule has 1 aliphatic heterocycles. The molecule has 0 spiro atoms. The van der Waals surface area contributed by atoms with Gasteiger partial charge in [-0.1, -0.05) is 6.07 Å². The summed E-state index contributed by atoms with van der Waals surface area (Å²) < 4.78 is 79.9. The van der Waals surface area contributed by atoms with Crippen LogP contribution in [0.15, 0.2) is 60.8 Å². The Balaban J connectivity index is 1.56. The number of fused-ring (bicyclic) bond motifs is 1. The summed E-state index contributed by atoms with van der Waals surface area (Å²) in [5.74, 6) is 0.679. The third-order valence-corrected chi connectivity index (χ3v) is 6.53. The molecule has 0 unspecified atom stereocenters. The zero-order chi connectivity index (χ0) is 27.8. The van der Waals surface area contributed by atoms with Gasteiger partial charge in [-0.25, -0.2) is 9.97 Å². The van der Waals surface area contributed by atoms with Crippen molar-refractivity contribution in [2.75, 3.05) is 18.4 Å². The molecule has 39 heavy (non-hydrogen) atoms. The number of nitrogens with zero attached hydrogens (tertiary/aromatic N) is 4. The lowest BCUT2D eigenvalue weighted by molar-refractivity contribution is -0.138. The van der Waals surface area contributed by atoms with E-state index in [1.165, 1.54) is 36.5 Å². The summed E-state index contributed by atoms with van der Waals surface area (Å²) in [6.07, 6.45) is -7.00. The Kier molecular flexibility index (Phi) is 7.17. The molecule has 0 amide bonds. The van der Waals surface area contributed by atoms with E-state index in [9.17, 15) is 31.4 Å². The molecule has 4 aromatic rings. The van der Waals surface area contributed by atoms with Crippen molar-refractivity contribution in [3.8, 4) is 11.3 Å². The van der Waals surface area contributed by atoms with Crippen LogP contribution in [0.4, 0.5) is 37.8 Å². The standard InChI is InChI=1S/C27H23F6N5O/c28-26(29,30)17-4-6-18(7-5-17)35-25-20-8-3-16(24-21(27(31,32)33)2-1-11-34-24)14-22(20)36-23(37-25)15-38-12-9-19(39)10-13-38/h1-8,11,14,19,39H,9-10,12-13,15H2,(H,35,36,37). The first-order valence-corrected chi connectivity index (χ1v) is 12.2. The lowest BCUT2D eigenvalue weighted by Gasteiger charge is -2.28. The van der Waals surface area contributed by atoms with Gasteiger partial charge in [0.2, 0.25) is 0 Å². The second kappa shape index (κ2) is 10.4. The Labute approximate surface area is 219 Å². The maximum atomic E-state index is 13.6. The number of rotatable bonds is 5. The van der Waals surface area contributed by atoms with Crippen LogP contribution in [0.5, 0.6) is 0 Å². The highest BCUT2D eigenvalue weighted by Crippen LogP contribution is 2.37. The summed E-state index contributed by atoms with van der Waals surface area (Å²) in [5.41, 5.74) is -1.01. The molecule has 1 aliphatic rings. The zero-order valence-corrected chi connectivity index (χ0v) is 20.4. The number of nitrogens with one attached hydrogen (secondary N) is 1. The van der Waals surface area contributed by atoms with Crippen LogP contribution in [0.25, 0.3) is 22.2 Å². The van der Waals surface area contributed by atoms with Gasteiger partial charge in [-0.05, 0) is 61.4 Å². The fourth-order valence-electron chi connectivity index (χ4n) is 4.51. The zero-order valence-electron chi connectivity index (χ0n) is 20.4. The number of halogens is 6. The van der Waals surface area contributed by atoms with Crippen molar-refractivity contribution in [3.63, 3.8) is 0 Å². The number of likely N-dealkylation sites (tertiary alicyclic amines) is 1. The van der Waals surface area contributed by atoms with E-state index in [0.29, 0.717) is 60.7 Å². The molecule has 2 aromatic heterocycles. The molecule has 2 N–H and O–H groups in total. The number of aliphatic hydroxyl groups is 1. The van der Waals surface area contributed by atoms with Gasteiger partial charge < -0.3 is 10.4 Å². The maximum Gasteiger partial charge on any atom is 0.418 e. The van der Waals surface area contributed by atoms with Crippen molar-refractivity contribution in [2.24, 2.45) is 0 Å². The Morgan fingerprint density at radius 1 is 0.897 bits per heavy atom. The van der Waals surface area contributed by atoms with Gasteiger partial charge in [0, 0.05) is 35.9 Å². The Morgan fingerprint density at radius 2 is 1.62 bits per heavy atom. The molecule has 204 valence electrons. The lowest BCUT2D eigenvalue weighted by Crippen LogP contribution is -2.35. The number of hydrogen-bond donors (Lipinski definition) is 2. The number of piperidine rings is 1. The fraction of sp³-hybridized carbons (Fsp3) is 0.296. The van der Waals surface area contributed by atoms with Crippen molar-refractivity contribution in [3.05, 3.63) is 77.7 Å². The second-order valence-corrected chi connectivity index (χ2v) is 9.33. The van der Waals surface area contributed by atoms with Gasteiger partial charge in [-0.3, -0.25) is 9.88 Å². The van der Waals surface area contributed by atoms with E-state index in [2.05, 4.69) is 25.2 Å². The Hall–Kier alpha value is -3.77. The van der Waals surface area contributed by atoms with Gasteiger partial charge >= 0.3 is 12.4 Å². The molecule has 1 fully saturated rings. The molecule has 12 heteroatoms. The number of aromatic nitrogens is 3. The molecule has 0 radical (unpaired) electrons. The Morgan fingerprint density at radius 3 is 2.28 bits per heavy atom. The number of benzene rings is 2. The summed E-state index contributed by atoms with van der Waals surface area (Å²) in [5, 5.41) is 13.3. The quantitative estimate of drug-likeness (QED) is 0.281. The predicted molar refractivity (Wildman–Crippen MR) is 133 cm³/mol. The van der Waals surface area contributed by atoms with Gasteiger partial charge in [0.15, 0.2) is 0 Å². The lowest BCUT2D eigenvalue weighted by atomic mass is 10.0. The van der Waals surface area contributed by atoms with Crippen molar-refractivity contribution >= 4 is 22.4 Å². The van der Waals surface area contributed by atoms with E-state index in [1.807, 2.05) is 0 Å². The third kappa shape index (κ3) is 6.12. The van der Waals surface area contributed by atoms with Crippen molar-refractivity contribution in [1.29, 1.82) is 0 Å². The van der Waals surface area contributed by atoms with E-state index < -0.39 is 23.5 Å². The number of hydrogen-bond acceptors (Lipinski definition) is 6. The van der Waals surface area contributed by atoms with E-state index in [4.69, 9.17) is 0 Å². The Bertz CT molecular complexity index is 1460. The van der Waals surface area contributed by atoms with Crippen LogP contribution in [-0.2, 0) is 18.9 Å². The van der Waals surface area contributed by atoms with E-state index in [1.54, 1.807) is 6.07 Å². The average Bonchev–Trinajstić information content (AvgIpc) is 2.89. The normalized spacial score (nSPS) is 15.6. The van der Waals surface area contributed by atoms with Gasteiger partial charge in [-0.15, -0.1) is 0 Å². The molecule has 0 bridgehead atoms. The maximum absolute atomic E-state index is 13.6. The van der Waals surface area contributed by atoms with Crippen LogP contribution < -0.4 is 5.32 Å². The van der Waals surface area contributed by atoms with Crippen molar-refractivity contribution in [1.82, 2.24) is 19.9 Å². The van der Waals surface area contributed by atoms with E-state index in [-0.39, 0.29) is 17.4 Å². The monoisotopic (exact) mass is 547 g/mol. The number of aliphatic hydroxyl groups excluding tert-OH is 1. The van der Waals surface area contributed by atoms with E-state index >= 15 is 0 Å². The van der Waals surface area contributed by atoms with Crippen molar-refractivity contribution in [2.45, 2.75) is 37.8 Å². The van der Waals surface area contributed by atoms with Gasteiger partial charge in [0.05, 0.1) is 35.0 Å². The number of alkyl halides is 6. The van der Waals surface area contributed by atoms with Gasteiger partial charge in [0.1, 0.15) is 11.6 Å². The predicted octanol–water partition coefficient (Wildman–Crippen LogP) is 6.43. The second-order valence-electron chi connectivity index (χ2n) is 9.33. The smallest absolute Gasteiger partial charge is 0.393 e. The molecule has 1 saturated heterocycles. The minimum absolute atomic E-state index is 0.210. The summed E-state index contributed by atoms with van der Waals surface area (Å²) in [6.45, 7) is 1.56. The highest BCUT2D eigenvalue weighted by molar-refractivity contribution is 5.93. The highest BCUT2D eigenvalue weighted by Gasteiger charge is 2.34.